The summed E-state index contributed by atoms with van der Waals surface area (Å²) >= 11 is 0. The third-order valence-corrected chi connectivity index (χ3v) is 3.57. The Morgan fingerprint density at radius 1 is 1.35 bits per heavy atom. The van der Waals surface area contributed by atoms with E-state index in [1.165, 1.54) is 5.56 Å². The zero-order valence-corrected chi connectivity index (χ0v) is 10.2. The van der Waals surface area contributed by atoms with Crippen molar-refractivity contribution < 1.29 is 0 Å². The summed E-state index contributed by atoms with van der Waals surface area (Å²) < 4.78 is 1.91. The third-order valence-electron chi connectivity index (χ3n) is 3.57. The summed E-state index contributed by atoms with van der Waals surface area (Å²) in [5.74, 6) is 0. The second-order valence-electron chi connectivity index (χ2n) is 4.92. The van der Waals surface area contributed by atoms with E-state index in [0.717, 1.165) is 36.1 Å². The van der Waals surface area contributed by atoms with Crippen LogP contribution in [-0.2, 0) is 0 Å². The van der Waals surface area contributed by atoms with E-state index in [1.807, 2.05) is 11.5 Å². The van der Waals surface area contributed by atoms with Gasteiger partial charge in [0.15, 0.2) is 0 Å². The number of H-pyrrole nitrogens is 1. The minimum absolute atomic E-state index is 0.0161. The van der Waals surface area contributed by atoms with Crippen LogP contribution in [0.4, 0.5) is 0 Å². The highest BCUT2D eigenvalue weighted by Gasteiger charge is 2.21. The van der Waals surface area contributed by atoms with Gasteiger partial charge in [-0.3, -0.25) is 4.57 Å². The maximum atomic E-state index is 12.1. The summed E-state index contributed by atoms with van der Waals surface area (Å²) in [7, 11) is 0. The molecule has 90 valence electrons. The van der Waals surface area contributed by atoms with E-state index >= 15 is 0 Å². The molecule has 2 aromatic rings. The van der Waals surface area contributed by atoms with Crippen LogP contribution in [0.15, 0.2) is 16.9 Å². The minimum atomic E-state index is 0.0161. The molecule has 4 heteroatoms. The first-order valence-electron chi connectivity index (χ1n) is 6.09. The van der Waals surface area contributed by atoms with Crippen LogP contribution >= 0.6 is 0 Å². The van der Waals surface area contributed by atoms with E-state index < -0.39 is 0 Å². The standard InChI is InChI=1S/C13H17N3O/c1-8-5-9(2)12-11(6-8)16(13(17)15-12)10-3-4-14-7-10/h5-6,10,14H,3-4,7H2,1-2H3,(H,15,17). The van der Waals surface area contributed by atoms with Crippen molar-refractivity contribution in [3.63, 3.8) is 0 Å². The first kappa shape index (κ1) is 10.6. The maximum Gasteiger partial charge on any atom is 0.326 e. The molecule has 1 aromatic heterocycles. The van der Waals surface area contributed by atoms with Crippen molar-refractivity contribution in [2.45, 2.75) is 26.3 Å². The smallest absolute Gasteiger partial charge is 0.315 e. The molecule has 0 aliphatic carbocycles. The lowest BCUT2D eigenvalue weighted by atomic mass is 10.1. The number of aromatic nitrogens is 2. The largest absolute Gasteiger partial charge is 0.326 e. The Labute approximate surface area is 99.6 Å². The van der Waals surface area contributed by atoms with Gasteiger partial charge in [-0.15, -0.1) is 0 Å². The molecule has 1 aliphatic heterocycles. The Balaban J connectivity index is 2.29. The first-order valence-corrected chi connectivity index (χ1v) is 6.09. The average Bonchev–Trinajstić information content (AvgIpc) is 2.84. The van der Waals surface area contributed by atoms with Crippen LogP contribution in [0.5, 0.6) is 0 Å². The zero-order valence-electron chi connectivity index (χ0n) is 10.2. The molecule has 1 fully saturated rings. The molecule has 1 atom stereocenters. The van der Waals surface area contributed by atoms with Gasteiger partial charge in [0.05, 0.1) is 17.1 Å². The lowest BCUT2D eigenvalue weighted by molar-refractivity contribution is 0.546. The fraction of sp³-hybridized carbons (Fsp3) is 0.462. The summed E-state index contributed by atoms with van der Waals surface area (Å²) in [6.45, 7) is 6.00. The van der Waals surface area contributed by atoms with Crippen LogP contribution in [0.2, 0.25) is 0 Å². The number of hydrogen-bond donors (Lipinski definition) is 2. The highest BCUT2D eigenvalue weighted by molar-refractivity contribution is 5.79. The van der Waals surface area contributed by atoms with Crippen molar-refractivity contribution in [2.75, 3.05) is 13.1 Å². The summed E-state index contributed by atoms with van der Waals surface area (Å²) in [5, 5.41) is 3.31. The molecule has 0 amide bonds. The van der Waals surface area contributed by atoms with Crippen molar-refractivity contribution in [3.8, 4) is 0 Å². The summed E-state index contributed by atoms with van der Waals surface area (Å²) in [6.07, 6.45) is 1.03. The molecule has 1 saturated heterocycles. The van der Waals surface area contributed by atoms with E-state index in [0.29, 0.717) is 0 Å². The summed E-state index contributed by atoms with van der Waals surface area (Å²) in [6, 6.07) is 4.49. The molecule has 1 unspecified atom stereocenters. The van der Waals surface area contributed by atoms with Crippen molar-refractivity contribution in [1.82, 2.24) is 14.9 Å². The fourth-order valence-corrected chi connectivity index (χ4v) is 2.80. The lowest BCUT2D eigenvalue weighted by Crippen LogP contribution is -2.23. The second kappa shape index (κ2) is 3.74. The van der Waals surface area contributed by atoms with E-state index in [1.54, 1.807) is 0 Å². The third kappa shape index (κ3) is 1.60. The quantitative estimate of drug-likeness (QED) is 0.781. The maximum absolute atomic E-state index is 12.1. The van der Waals surface area contributed by atoms with E-state index in [9.17, 15) is 4.79 Å². The number of aryl methyl sites for hydroxylation is 2. The topological polar surface area (TPSA) is 49.8 Å². The number of rotatable bonds is 1. The Bertz CT molecular complexity index is 617. The molecule has 17 heavy (non-hydrogen) atoms. The lowest BCUT2D eigenvalue weighted by Gasteiger charge is -2.11. The minimum Gasteiger partial charge on any atom is -0.315 e. The predicted molar refractivity (Wildman–Crippen MR) is 68.6 cm³/mol. The van der Waals surface area contributed by atoms with Crippen LogP contribution in [0.25, 0.3) is 11.0 Å². The van der Waals surface area contributed by atoms with Crippen molar-refractivity contribution in [3.05, 3.63) is 33.7 Å². The number of imidazole rings is 1. The predicted octanol–water partition coefficient (Wildman–Crippen LogP) is 1.48. The van der Waals surface area contributed by atoms with Gasteiger partial charge in [0.25, 0.3) is 0 Å². The molecule has 0 saturated carbocycles. The van der Waals surface area contributed by atoms with Gasteiger partial charge in [0.1, 0.15) is 0 Å². The van der Waals surface area contributed by atoms with Gasteiger partial charge >= 0.3 is 5.69 Å². The molecule has 2 N–H and O–H groups in total. The van der Waals surface area contributed by atoms with Crippen LogP contribution in [0, 0.1) is 13.8 Å². The normalized spacial score (nSPS) is 20.2. The Kier molecular flexibility index (Phi) is 2.33. The van der Waals surface area contributed by atoms with E-state index in [4.69, 9.17) is 0 Å². The summed E-state index contributed by atoms with van der Waals surface area (Å²) in [4.78, 5) is 15.0. The molecule has 0 bridgehead atoms. The molecule has 1 aromatic carbocycles. The van der Waals surface area contributed by atoms with Gasteiger partial charge in [0, 0.05) is 6.54 Å². The molecule has 1 aliphatic rings. The SMILES string of the molecule is Cc1cc(C)c2[nH]c(=O)n(C3CCNC3)c2c1. The van der Waals surface area contributed by atoms with Crippen molar-refractivity contribution >= 4 is 11.0 Å². The molecule has 4 nitrogen and oxygen atoms in total. The van der Waals surface area contributed by atoms with E-state index in [2.05, 4.69) is 29.4 Å². The van der Waals surface area contributed by atoms with Crippen LogP contribution in [-0.4, -0.2) is 22.6 Å². The van der Waals surface area contributed by atoms with Crippen LogP contribution in [0.3, 0.4) is 0 Å². The zero-order chi connectivity index (χ0) is 12.0. The number of aromatic amines is 1. The highest BCUT2D eigenvalue weighted by Crippen LogP contribution is 2.22. The highest BCUT2D eigenvalue weighted by atomic mass is 16.1. The number of benzene rings is 1. The number of fused-ring (bicyclic) bond motifs is 1. The molecular formula is C13H17N3O. The Hall–Kier alpha value is -1.55. The van der Waals surface area contributed by atoms with E-state index in [-0.39, 0.29) is 11.7 Å². The Morgan fingerprint density at radius 3 is 2.88 bits per heavy atom. The monoisotopic (exact) mass is 231 g/mol. The molecule has 0 radical (unpaired) electrons. The summed E-state index contributed by atoms with van der Waals surface area (Å²) in [5.41, 5.74) is 4.38. The van der Waals surface area contributed by atoms with Gasteiger partial charge in [-0.1, -0.05) is 6.07 Å². The van der Waals surface area contributed by atoms with Crippen molar-refractivity contribution in [1.29, 1.82) is 0 Å². The molecule has 2 heterocycles. The van der Waals surface area contributed by atoms with Gasteiger partial charge in [0.2, 0.25) is 0 Å². The van der Waals surface area contributed by atoms with Gasteiger partial charge in [-0.25, -0.2) is 4.79 Å². The van der Waals surface area contributed by atoms with Gasteiger partial charge in [-0.05, 0) is 44.0 Å². The van der Waals surface area contributed by atoms with Gasteiger partial charge < -0.3 is 10.3 Å². The first-order chi connectivity index (χ1) is 8.16. The van der Waals surface area contributed by atoms with Crippen LogP contribution in [0.1, 0.15) is 23.6 Å². The average molecular weight is 231 g/mol. The molecule has 0 spiro atoms. The van der Waals surface area contributed by atoms with Gasteiger partial charge in [-0.2, -0.15) is 0 Å². The van der Waals surface area contributed by atoms with Crippen LogP contribution < -0.4 is 11.0 Å². The number of hydrogen-bond acceptors (Lipinski definition) is 2. The molecule has 3 rings (SSSR count). The fourth-order valence-electron chi connectivity index (χ4n) is 2.80. The van der Waals surface area contributed by atoms with Crippen molar-refractivity contribution in [2.24, 2.45) is 0 Å². The molecular weight excluding hydrogens is 214 g/mol. The Morgan fingerprint density at radius 2 is 2.18 bits per heavy atom. The number of nitrogens with zero attached hydrogens (tertiary/aromatic N) is 1. The second-order valence-corrected chi connectivity index (χ2v) is 4.92. The number of nitrogens with one attached hydrogen (secondary N) is 2.